The Morgan fingerprint density at radius 1 is 0.895 bits per heavy atom. The molecule has 7 heteroatoms. The molecule has 1 aromatic heterocycles. The zero-order valence-corrected chi connectivity index (χ0v) is 21.5. The lowest BCUT2D eigenvalue weighted by Gasteiger charge is -2.29. The smallest absolute Gasteiger partial charge is 0.198 e. The Bertz CT molecular complexity index is 1670. The lowest BCUT2D eigenvalue weighted by Crippen LogP contribution is -2.29. The summed E-state index contributed by atoms with van der Waals surface area (Å²) >= 11 is 0. The minimum atomic E-state index is -0.652. The van der Waals surface area contributed by atoms with Gasteiger partial charge in [-0.1, -0.05) is 29.8 Å². The van der Waals surface area contributed by atoms with E-state index in [2.05, 4.69) is 10.6 Å². The first kappa shape index (κ1) is 23.9. The predicted octanol–water partition coefficient (Wildman–Crippen LogP) is 6.10. The van der Waals surface area contributed by atoms with Gasteiger partial charge in [-0.3, -0.25) is 9.59 Å². The molecule has 0 fully saturated rings. The van der Waals surface area contributed by atoms with E-state index in [9.17, 15) is 9.59 Å². The number of carbonyl (C=O) groups is 1. The molecule has 1 aliphatic carbocycles. The first-order valence-electron chi connectivity index (χ1n) is 12.6. The van der Waals surface area contributed by atoms with Gasteiger partial charge in [0.25, 0.3) is 0 Å². The van der Waals surface area contributed by atoms with E-state index in [-0.39, 0.29) is 17.1 Å². The second kappa shape index (κ2) is 9.41. The Hall–Kier alpha value is -4.52. The molecule has 0 saturated carbocycles. The molecule has 2 N–H and O–H groups in total. The first-order valence-corrected chi connectivity index (χ1v) is 12.6. The van der Waals surface area contributed by atoms with Crippen molar-refractivity contribution in [2.75, 3.05) is 24.9 Å². The number of hydrogen-bond donors (Lipinski definition) is 2. The van der Waals surface area contributed by atoms with Crippen LogP contribution < -0.4 is 25.5 Å². The molecule has 0 radical (unpaired) electrons. The maximum absolute atomic E-state index is 13.9. The summed E-state index contributed by atoms with van der Waals surface area (Å²) in [6.45, 7) is 1.94. The number of ether oxygens (including phenoxy) is 2. The summed E-state index contributed by atoms with van der Waals surface area (Å²) in [6, 6.07) is 18.4. The van der Waals surface area contributed by atoms with Crippen molar-refractivity contribution in [1.29, 1.82) is 0 Å². The fourth-order valence-corrected chi connectivity index (χ4v) is 5.53. The predicted molar refractivity (Wildman–Crippen MR) is 147 cm³/mol. The average Bonchev–Trinajstić information content (AvgIpc) is 3.10. The topological polar surface area (TPSA) is 89.8 Å². The molecule has 2 aliphatic rings. The molecule has 2 atom stereocenters. The van der Waals surface area contributed by atoms with Gasteiger partial charge in [-0.2, -0.15) is 0 Å². The van der Waals surface area contributed by atoms with E-state index < -0.39 is 6.04 Å². The molecular weight excluding hydrogens is 480 g/mol. The van der Waals surface area contributed by atoms with Gasteiger partial charge in [0.15, 0.2) is 22.7 Å². The number of rotatable bonds is 4. The molecule has 0 spiro atoms. The van der Waals surface area contributed by atoms with Gasteiger partial charge >= 0.3 is 0 Å². The van der Waals surface area contributed by atoms with Crippen LogP contribution in [0.3, 0.4) is 0 Å². The van der Waals surface area contributed by atoms with E-state index >= 15 is 0 Å². The van der Waals surface area contributed by atoms with Gasteiger partial charge in [-0.25, -0.2) is 0 Å². The molecule has 0 bridgehead atoms. The number of anilines is 2. The van der Waals surface area contributed by atoms with Crippen LogP contribution in [0, 0.1) is 6.92 Å². The zero-order chi connectivity index (χ0) is 26.4. The van der Waals surface area contributed by atoms with Crippen LogP contribution in [0.25, 0.3) is 11.0 Å². The highest BCUT2D eigenvalue weighted by molar-refractivity contribution is 6.01. The summed E-state index contributed by atoms with van der Waals surface area (Å²) in [7, 11) is 3.20. The molecule has 3 aromatic carbocycles. The third-order valence-electron chi connectivity index (χ3n) is 7.45. The second-order valence-electron chi connectivity index (χ2n) is 9.80. The number of benzene rings is 3. The molecular formula is C31H28N2O5. The zero-order valence-electron chi connectivity index (χ0n) is 21.5. The third kappa shape index (κ3) is 4.00. The molecule has 38 heavy (non-hydrogen) atoms. The highest BCUT2D eigenvalue weighted by atomic mass is 16.5. The number of aryl methyl sites for hydroxylation is 1. The van der Waals surface area contributed by atoms with Crippen LogP contribution in [0.5, 0.6) is 11.5 Å². The maximum Gasteiger partial charge on any atom is 0.198 e. The number of nitrogens with one attached hydrogen (secondary N) is 2. The normalized spacial score (nSPS) is 18.7. The SMILES string of the molecule is COc1ccc(C2CC(=O)C3=C(C2)Nc2ccccc2NC3c2coc3ccc(C)cc3c2=O)cc1OC. The number of Topliss-reactive ketones (excluding diaryl/α,β-unsaturated/α-hetero) is 1. The highest BCUT2D eigenvalue weighted by Crippen LogP contribution is 2.45. The van der Waals surface area contributed by atoms with Crippen molar-refractivity contribution in [2.45, 2.75) is 31.7 Å². The minimum Gasteiger partial charge on any atom is -0.493 e. The third-order valence-corrected chi connectivity index (χ3v) is 7.45. The molecule has 1 aliphatic heterocycles. The van der Waals surface area contributed by atoms with Crippen molar-refractivity contribution in [3.63, 3.8) is 0 Å². The molecule has 7 nitrogen and oxygen atoms in total. The fourth-order valence-electron chi connectivity index (χ4n) is 5.53. The minimum absolute atomic E-state index is 0.0208. The summed E-state index contributed by atoms with van der Waals surface area (Å²) < 4.78 is 16.8. The second-order valence-corrected chi connectivity index (χ2v) is 9.80. The monoisotopic (exact) mass is 508 g/mol. The van der Waals surface area contributed by atoms with Crippen LogP contribution in [-0.4, -0.2) is 20.0 Å². The standard InChI is InChI=1S/C31H28N2O5/c1-17-8-10-26-20(12-17)31(35)21(16-38-26)30-29-24(32-22-6-4-5-7-23(22)33-30)13-19(14-25(29)34)18-9-11-27(36-2)28(15-18)37-3/h4-12,15-16,19,30,32-33H,13-14H2,1-3H3. The van der Waals surface area contributed by atoms with Gasteiger partial charge in [-0.05, 0) is 61.2 Å². The van der Waals surface area contributed by atoms with Crippen molar-refractivity contribution in [1.82, 2.24) is 0 Å². The van der Waals surface area contributed by atoms with Gasteiger partial charge < -0.3 is 24.5 Å². The highest BCUT2D eigenvalue weighted by Gasteiger charge is 2.37. The van der Waals surface area contributed by atoms with E-state index in [4.69, 9.17) is 13.9 Å². The van der Waals surface area contributed by atoms with Crippen LogP contribution in [0.1, 0.15) is 41.5 Å². The van der Waals surface area contributed by atoms with Crippen LogP contribution in [-0.2, 0) is 4.79 Å². The van der Waals surface area contributed by atoms with E-state index in [1.54, 1.807) is 20.3 Å². The summed E-state index contributed by atoms with van der Waals surface area (Å²) in [5.41, 5.74) is 5.77. The molecule has 2 heterocycles. The van der Waals surface area contributed by atoms with E-state index in [0.717, 1.165) is 28.2 Å². The number of carbonyl (C=O) groups excluding carboxylic acids is 1. The van der Waals surface area contributed by atoms with Crippen molar-refractivity contribution in [3.05, 3.63) is 105 Å². The van der Waals surface area contributed by atoms with Gasteiger partial charge in [0.1, 0.15) is 11.8 Å². The van der Waals surface area contributed by atoms with Crippen molar-refractivity contribution < 1.29 is 18.7 Å². The van der Waals surface area contributed by atoms with Gasteiger partial charge in [-0.15, -0.1) is 0 Å². The molecule has 4 aromatic rings. The number of methoxy groups -OCH3 is 2. The number of para-hydroxylation sites is 2. The Balaban J connectivity index is 1.48. The number of fused-ring (bicyclic) bond motifs is 2. The molecule has 0 saturated heterocycles. The van der Waals surface area contributed by atoms with Crippen LogP contribution in [0.4, 0.5) is 11.4 Å². The van der Waals surface area contributed by atoms with Crippen LogP contribution in [0.2, 0.25) is 0 Å². The van der Waals surface area contributed by atoms with Gasteiger partial charge in [0.05, 0.1) is 42.6 Å². The molecule has 2 unspecified atom stereocenters. The summed E-state index contributed by atoms with van der Waals surface area (Å²) in [5, 5.41) is 7.49. The largest absolute Gasteiger partial charge is 0.493 e. The summed E-state index contributed by atoms with van der Waals surface area (Å²) in [4.78, 5) is 27.6. The van der Waals surface area contributed by atoms with Gasteiger partial charge in [0, 0.05) is 17.7 Å². The number of hydrogen-bond acceptors (Lipinski definition) is 7. The number of allylic oxidation sites excluding steroid dienone is 1. The van der Waals surface area contributed by atoms with Crippen molar-refractivity contribution in [2.24, 2.45) is 0 Å². The molecule has 6 rings (SSSR count). The summed E-state index contributed by atoms with van der Waals surface area (Å²) in [5.74, 6) is 1.19. The average molecular weight is 509 g/mol. The van der Waals surface area contributed by atoms with Crippen LogP contribution >= 0.6 is 0 Å². The first-order chi connectivity index (χ1) is 18.5. The Morgan fingerprint density at radius 3 is 2.47 bits per heavy atom. The quantitative estimate of drug-likeness (QED) is 0.344. The maximum atomic E-state index is 13.9. The summed E-state index contributed by atoms with van der Waals surface area (Å²) in [6.07, 6.45) is 2.40. The Morgan fingerprint density at radius 2 is 1.68 bits per heavy atom. The Kier molecular flexibility index (Phi) is 5.91. The van der Waals surface area contributed by atoms with Crippen LogP contribution in [0.15, 0.2) is 87.4 Å². The Labute approximate surface area is 220 Å². The van der Waals surface area contributed by atoms with E-state index in [1.165, 1.54) is 6.26 Å². The lowest BCUT2D eigenvalue weighted by atomic mass is 9.78. The lowest BCUT2D eigenvalue weighted by molar-refractivity contribution is -0.116. The van der Waals surface area contributed by atoms with Gasteiger partial charge in [0.2, 0.25) is 0 Å². The van der Waals surface area contributed by atoms with Crippen molar-refractivity contribution >= 4 is 28.1 Å². The van der Waals surface area contributed by atoms with Crippen molar-refractivity contribution in [3.8, 4) is 11.5 Å². The number of ketones is 1. The van der Waals surface area contributed by atoms with E-state index in [1.807, 2.05) is 61.5 Å². The molecule has 0 amide bonds. The molecule has 192 valence electrons. The van der Waals surface area contributed by atoms with E-state index in [0.29, 0.717) is 46.4 Å². The fraction of sp³-hybridized carbons (Fsp3) is 0.226.